The number of imidazole rings is 1. The molecule has 0 aliphatic rings. The smallest absolute Gasteiger partial charge is 0.153 e. The van der Waals surface area contributed by atoms with Crippen LogP contribution in [0.4, 0.5) is 0 Å². The molecule has 0 amide bonds. The summed E-state index contributed by atoms with van der Waals surface area (Å²) in [5.41, 5.74) is 3.38. The number of fused-ring (bicyclic) bond motifs is 1. The van der Waals surface area contributed by atoms with E-state index in [-0.39, 0.29) is 6.10 Å². The summed E-state index contributed by atoms with van der Waals surface area (Å²) in [5, 5.41) is 0. The third kappa shape index (κ3) is 2.64. The molecular weight excluding hydrogens is 260 g/mol. The summed E-state index contributed by atoms with van der Waals surface area (Å²) in [6.07, 6.45) is -0.0841. The van der Waals surface area contributed by atoms with Gasteiger partial charge in [-0.1, -0.05) is 24.3 Å². The van der Waals surface area contributed by atoms with Crippen molar-refractivity contribution >= 4 is 11.0 Å². The molecule has 3 rings (SSSR count). The summed E-state index contributed by atoms with van der Waals surface area (Å²) in [7, 11) is 0. The Labute approximate surface area is 125 Å². The molecule has 108 valence electrons. The van der Waals surface area contributed by atoms with Gasteiger partial charge in [0.15, 0.2) is 11.9 Å². The third-order valence-electron chi connectivity index (χ3n) is 3.67. The van der Waals surface area contributed by atoms with Gasteiger partial charge in [0, 0.05) is 6.54 Å². The molecule has 1 atom stereocenters. The van der Waals surface area contributed by atoms with Crippen LogP contribution in [0.5, 0.6) is 5.75 Å². The largest absolute Gasteiger partial charge is 0.483 e. The van der Waals surface area contributed by atoms with Crippen LogP contribution >= 0.6 is 0 Å². The van der Waals surface area contributed by atoms with Gasteiger partial charge < -0.3 is 9.30 Å². The first-order valence-electron chi connectivity index (χ1n) is 7.37. The highest BCUT2D eigenvalue weighted by Crippen LogP contribution is 2.25. The van der Waals surface area contributed by atoms with Gasteiger partial charge in [-0.2, -0.15) is 0 Å². The van der Waals surface area contributed by atoms with E-state index in [1.54, 1.807) is 0 Å². The van der Waals surface area contributed by atoms with Crippen LogP contribution < -0.4 is 4.74 Å². The van der Waals surface area contributed by atoms with Crippen molar-refractivity contribution in [2.24, 2.45) is 0 Å². The average molecular weight is 280 g/mol. The predicted molar refractivity (Wildman–Crippen MR) is 85.6 cm³/mol. The van der Waals surface area contributed by atoms with Crippen molar-refractivity contribution in [3.63, 3.8) is 0 Å². The van der Waals surface area contributed by atoms with E-state index < -0.39 is 0 Å². The Balaban J connectivity index is 1.95. The molecule has 3 nitrogen and oxygen atoms in total. The Morgan fingerprint density at radius 2 is 1.95 bits per heavy atom. The first-order chi connectivity index (χ1) is 10.2. The molecule has 0 saturated carbocycles. The lowest BCUT2D eigenvalue weighted by molar-refractivity contribution is 0.212. The van der Waals surface area contributed by atoms with E-state index in [2.05, 4.69) is 43.5 Å². The fraction of sp³-hybridized carbons (Fsp3) is 0.278. The third-order valence-corrected chi connectivity index (χ3v) is 3.67. The summed E-state index contributed by atoms with van der Waals surface area (Å²) in [4.78, 5) is 4.74. The minimum atomic E-state index is -0.0841. The molecule has 0 fully saturated rings. The molecule has 3 aromatic rings. The second-order valence-corrected chi connectivity index (χ2v) is 5.28. The number of aryl methyl sites for hydroxylation is 2. The highest BCUT2D eigenvalue weighted by atomic mass is 16.5. The van der Waals surface area contributed by atoms with Gasteiger partial charge in [0.25, 0.3) is 0 Å². The minimum absolute atomic E-state index is 0.0841. The van der Waals surface area contributed by atoms with Gasteiger partial charge in [-0.3, -0.25) is 0 Å². The minimum Gasteiger partial charge on any atom is -0.483 e. The van der Waals surface area contributed by atoms with E-state index in [1.807, 2.05) is 30.3 Å². The van der Waals surface area contributed by atoms with E-state index in [4.69, 9.17) is 9.72 Å². The van der Waals surface area contributed by atoms with E-state index in [0.29, 0.717) is 0 Å². The van der Waals surface area contributed by atoms with Crippen LogP contribution in [-0.2, 0) is 6.54 Å². The van der Waals surface area contributed by atoms with Crippen molar-refractivity contribution in [3.05, 3.63) is 59.9 Å². The van der Waals surface area contributed by atoms with Crippen molar-refractivity contribution in [3.8, 4) is 5.75 Å². The van der Waals surface area contributed by atoms with Crippen molar-refractivity contribution < 1.29 is 4.74 Å². The molecule has 0 N–H and O–H groups in total. The normalized spacial score (nSPS) is 12.5. The Kier molecular flexibility index (Phi) is 3.65. The van der Waals surface area contributed by atoms with Crippen LogP contribution in [0.3, 0.4) is 0 Å². The highest BCUT2D eigenvalue weighted by molar-refractivity contribution is 5.76. The number of nitrogens with zero attached hydrogens (tertiary/aromatic N) is 2. The molecule has 3 heteroatoms. The van der Waals surface area contributed by atoms with E-state index in [1.165, 1.54) is 5.56 Å². The van der Waals surface area contributed by atoms with Crippen LogP contribution in [0.1, 0.15) is 31.3 Å². The van der Waals surface area contributed by atoms with Crippen molar-refractivity contribution in [1.29, 1.82) is 0 Å². The molecule has 2 aromatic carbocycles. The van der Waals surface area contributed by atoms with Gasteiger partial charge >= 0.3 is 0 Å². The number of para-hydroxylation sites is 2. The quantitative estimate of drug-likeness (QED) is 0.703. The van der Waals surface area contributed by atoms with Gasteiger partial charge in [0.2, 0.25) is 0 Å². The molecule has 0 aliphatic carbocycles. The second kappa shape index (κ2) is 5.60. The summed E-state index contributed by atoms with van der Waals surface area (Å²) >= 11 is 0. The Hall–Kier alpha value is -2.29. The molecule has 1 heterocycles. The van der Waals surface area contributed by atoms with Crippen LogP contribution in [0.15, 0.2) is 48.5 Å². The van der Waals surface area contributed by atoms with E-state index >= 15 is 0 Å². The molecule has 21 heavy (non-hydrogen) atoms. The molecule has 0 saturated heterocycles. The number of hydrogen-bond acceptors (Lipinski definition) is 2. The highest BCUT2D eigenvalue weighted by Gasteiger charge is 2.17. The standard InChI is InChI=1S/C18H20N2O/c1-4-20-17-11-6-5-10-16(17)19-18(20)14(3)21-15-9-7-8-13(2)12-15/h5-12,14H,4H2,1-3H3. The molecule has 1 aromatic heterocycles. The molecule has 0 radical (unpaired) electrons. The van der Waals surface area contributed by atoms with Gasteiger partial charge in [0.05, 0.1) is 11.0 Å². The predicted octanol–water partition coefficient (Wildman–Crippen LogP) is 4.50. The summed E-state index contributed by atoms with van der Waals surface area (Å²) in [5.74, 6) is 1.86. The fourth-order valence-electron chi connectivity index (χ4n) is 2.68. The van der Waals surface area contributed by atoms with Gasteiger partial charge in [-0.15, -0.1) is 0 Å². The van der Waals surface area contributed by atoms with Crippen LogP contribution in [-0.4, -0.2) is 9.55 Å². The van der Waals surface area contributed by atoms with Gasteiger partial charge in [-0.05, 0) is 50.6 Å². The van der Waals surface area contributed by atoms with Gasteiger partial charge in [0.1, 0.15) is 5.75 Å². The van der Waals surface area contributed by atoms with E-state index in [0.717, 1.165) is 29.2 Å². The molecule has 1 unspecified atom stereocenters. The Bertz CT molecular complexity index is 761. The molecule has 0 spiro atoms. The lowest BCUT2D eigenvalue weighted by atomic mass is 10.2. The number of benzene rings is 2. The monoisotopic (exact) mass is 280 g/mol. The first-order valence-corrected chi connectivity index (χ1v) is 7.37. The van der Waals surface area contributed by atoms with Crippen LogP contribution in [0, 0.1) is 6.92 Å². The van der Waals surface area contributed by atoms with Crippen LogP contribution in [0.25, 0.3) is 11.0 Å². The zero-order valence-electron chi connectivity index (χ0n) is 12.7. The van der Waals surface area contributed by atoms with E-state index in [9.17, 15) is 0 Å². The van der Waals surface area contributed by atoms with Crippen molar-refractivity contribution in [2.75, 3.05) is 0 Å². The van der Waals surface area contributed by atoms with Crippen LogP contribution in [0.2, 0.25) is 0 Å². The molecule has 0 aliphatic heterocycles. The number of hydrogen-bond donors (Lipinski definition) is 0. The maximum Gasteiger partial charge on any atom is 0.153 e. The number of aromatic nitrogens is 2. The molecular formula is C18H20N2O. The summed E-state index contributed by atoms with van der Waals surface area (Å²) in [6, 6.07) is 16.3. The van der Waals surface area contributed by atoms with Crippen molar-refractivity contribution in [2.45, 2.75) is 33.4 Å². The maximum absolute atomic E-state index is 6.07. The van der Waals surface area contributed by atoms with Gasteiger partial charge in [-0.25, -0.2) is 4.98 Å². The van der Waals surface area contributed by atoms with Crippen molar-refractivity contribution in [1.82, 2.24) is 9.55 Å². The lowest BCUT2D eigenvalue weighted by Crippen LogP contribution is -2.11. The average Bonchev–Trinajstić information content (AvgIpc) is 2.86. The second-order valence-electron chi connectivity index (χ2n) is 5.28. The SMILES string of the molecule is CCn1c(C(C)Oc2cccc(C)c2)nc2ccccc21. The summed E-state index contributed by atoms with van der Waals surface area (Å²) < 4.78 is 8.29. The fourth-order valence-corrected chi connectivity index (χ4v) is 2.68. The number of ether oxygens (including phenoxy) is 1. The Morgan fingerprint density at radius 1 is 1.14 bits per heavy atom. The maximum atomic E-state index is 6.07. The molecule has 0 bridgehead atoms. The zero-order valence-corrected chi connectivity index (χ0v) is 12.7. The lowest BCUT2D eigenvalue weighted by Gasteiger charge is -2.16. The Morgan fingerprint density at radius 3 is 2.71 bits per heavy atom. The number of rotatable bonds is 4. The topological polar surface area (TPSA) is 27.1 Å². The zero-order chi connectivity index (χ0) is 14.8. The first kappa shape index (κ1) is 13.7. The summed E-state index contributed by atoms with van der Waals surface area (Å²) in [6.45, 7) is 7.14.